The summed E-state index contributed by atoms with van der Waals surface area (Å²) >= 11 is 0. The predicted octanol–water partition coefficient (Wildman–Crippen LogP) is 5.76. The Morgan fingerprint density at radius 3 is 2.37 bits per heavy atom. The second-order valence-corrected chi connectivity index (χ2v) is 7.67. The zero-order chi connectivity index (χ0) is 24.0. The van der Waals surface area contributed by atoms with Gasteiger partial charge in [-0.2, -0.15) is 0 Å². The molecule has 8 nitrogen and oxygen atoms in total. The summed E-state index contributed by atoms with van der Waals surface area (Å²) in [5.74, 6) is 3.10. The summed E-state index contributed by atoms with van der Waals surface area (Å²) in [6.45, 7) is 1.91. The van der Waals surface area contributed by atoms with Crippen LogP contribution in [0.4, 0.5) is 17.2 Å². The maximum absolute atomic E-state index is 12.9. The summed E-state index contributed by atoms with van der Waals surface area (Å²) in [6, 6.07) is 25.7. The molecule has 3 aromatic carbocycles. The first-order valence-electron chi connectivity index (χ1n) is 11.0. The number of carbonyl (C=O) groups excluding carboxylic acids is 1. The molecule has 5 rings (SSSR count). The van der Waals surface area contributed by atoms with Gasteiger partial charge in [0.2, 0.25) is 0 Å². The van der Waals surface area contributed by atoms with Gasteiger partial charge in [-0.25, -0.2) is 15.0 Å². The quantitative estimate of drug-likeness (QED) is 0.319. The van der Waals surface area contributed by atoms with Crippen LogP contribution < -0.4 is 15.4 Å². The zero-order valence-corrected chi connectivity index (χ0v) is 18.9. The number of aryl methyl sites for hydroxylation is 1. The number of aromatic nitrogens is 4. The average Bonchev–Trinajstić information content (AvgIpc) is 3.32. The number of hydrogen-bond donors (Lipinski definition) is 2. The molecule has 0 spiro atoms. The van der Waals surface area contributed by atoms with Crippen LogP contribution in [0, 0.1) is 6.92 Å². The van der Waals surface area contributed by atoms with Crippen LogP contribution in [0.1, 0.15) is 16.2 Å². The molecule has 5 aromatic rings. The number of ether oxygens (including phenoxy) is 1. The van der Waals surface area contributed by atoms with Crippen molar-refractivity contribution in [3.05, 3.63) is 115 Å². The molecule has 0 radical (unpaired) electrons. The number of imidazole rings is 1. The second kappa shape index (κ2) is 9.88. The molecule has 2 heterocycles. The topological polar surface area (TPSA) is 94.0 Å². The molecule has 172 valence electrons. The van der Waals surface area contributed by atoms with Gasteiger partial charge in [-0.3, -0.25) is 9.36 Å². The normalized spacial score (nSPS) is 10.5. The average molecular weight is 463 g/mol. The van der Waals surface area contributed by atoms with Crippen molar-refractivity contribution in [1.29, 1.82) is 0 Å². The molecule has 8 heteroatoms. The Morgan fingerprint density at radius 2 is 1.60 bits per heavy atom. The van der Waals surface area contributed by atoms with Crippen molar-refractivity contribution in [1.82, 2.24) is 19.5 Å². The number of benzene rings is 3. The molecule has 0 aliphatic rings. The van der Waals surface area contributed by atoms with Gasteiger partial charge >= 0.3 is 0 Å². The Morgan fingerprint density at radius 1 is 0.857 bits per heavy atom. The lowest BCUT2D eigenvalue weighted by Crippen LogP contribution is -2.13. The number of rotatable bonds is 7. The first kappa shape index (κ1) is 21.8. The third-order valence-corrected chi connectivity index (χ3v) is 5.24. The molecule has 0 fully saturated rings. The Labute approximate surface area is 202 Å². The van der Waals surface area contributed by atoms with E-state index in [9.17, 15) is 4.79 Å². The highest BCUT2D eigenvalue weighted by Gasteiger charge is 2.13. The smallest absolute Gasteiger partial charge is 0.259 e. The summed E-state index contributed by atoms with van der Waals surface area (Å²) in [7, 11) is 0. The minimum atomic E-state index is -0.256. The van der Waals surface area contributed by atoms with Crippen LogP contribution in [0.5, 0.6) is 11.5 Å². The second-order valence-electron chi connectivity index (χ2n) is 7.67. The summed E-state index contributed by atoms with van der Waals surface area (Å²) in [5.41, 5.74) is 1.93. The van der Waals surface area contributed by atoms with E-state index in [4.69, 9.17) is 4.74 Å². The van der Waals surface area contributed by atoms with Gasteiger partial charge in [0, 0.05) is 29.8 Å². The Balaban J connectivity index is 1.27. The van der Waals surface area contributed by atoms with E-state index in [1.807, 2.05) is 84.4 Å². The lowest BCUT2D eigenvalue weighted by Gasteiger charge is -2.12. The monoisotopic (exact) mass is 462 g/mol. The molecule has 0 bridgehead atoms. The van der Waals surface area contributed by atoms with Crippen LogP contribution in [0.25, 0.3) is 5.82 Å². The number of anilines is 3. The van der Waals surface area contributed by atoms with Crippen LogP contribution in [-0.2, 0) is 0 Å². The lowest BCUT2D eigenvalue weighted by atomic mass is 10.1. The molecule has 1 amide bonds. The van der Waals surface area contributed by atoms with Crippen molar-refractivity contribution >= 4 is 23.1 Å². The molecule has 0 atom stereocenters. The largest absolute Gasteiger partial charge is 0.457 e. The van der Waals surface area contributed by atoms with Crippen LogP contribution in [-0.4, -0.2) is 25.4 Å². The number of carbonyl (C=O) groups is 1. The van der Waals surface area contributed by atoms with Crippen LogP contribution >= 0.6 is 0 Å². The van der Waals surface area contributed by atoms with Gasteiger partial charge in [0.15, 0.2) is 0 Å². The van der Waals surface area contributed by atoms with Crippen molar-refractivity contribution in [2.45, 2.75) is 6.92 Å². The van der Waals surface area contributed by atoms with Crippen LogP contribution in [0.15, 0.2) is 104 Å². The fraction of sp³-hybridized carbons (Fsp3) is 0.0370. The molecule has 0 saturated carbocycles. The molecule has 2 aromatic heterocycles. The van der Waals surface area contributed by atoms with Crippen LogP contribution in [0.2, 0.25) is 0 Å². The minimum absolute atomic E-state index is 0.256. The van der Waals surface area contributed by atoms with Crippen molar-refractivity contribution < 1.29 is 9.53 Å². The molecule has 2 N–H and O–H groups in total. The first-order valence-corrected chi connectivity index (χ1v) is 11.0. The zero-order valence-electron chi connectivity index (χ0n) is 18.9. The summed E-state index contributed by atoms with van der Waals surface area (Å²) in [4.78, 5) is 25.8. The van der Waals surface area contributed by atoms with E-state index in [1.165, 1.54) is 6.33 Å². The number of nitrogens with one attached hydrogen (secondary N) is 2. The minimum Gasteiger partial charge on any atom is -0.457 e. The highest BCUT2D eigenvalue weighted by Crippen LogP contribution is 2.26. The van der Waals surface area contributed by atoms with E-state index < -0.39 is 0 Å². The Bertz CT molecular complexity index is 1450. The molecule has 0 aliphatic carbocycles. The van der Waals surface area contributed by atoms with Crippen molar-refractivity contribution in [3.8, 4) is 17.3 Å². The van der Waals surface area contributed by atoms with Gasteiger partial charge < -0.3 is 15.4 Å². The molecular weight excluding hydrogens is 440 g/mol. The van der Waals surface area contributed by atoms with Crippen molar-refractivity contribution in [2.24, 2.45) is 0 Å². The van der Waals surface area contributed by atoms with E-state index in [2.05, 4.69) is 25.6 Å². The number of amides is 1. The number of para-hydroxylation sites is 2. The third-order valence-electron chi connectivity index (χ3n) is 5.24. The highest BCUT2D eigenvalue weighted by molar-refractivity contribution is 6.06. The van der Waals surface area contributed by atoms with Gasteiger partial charge in [0.1, 0.15) is 35.3 Å². The molecular formula is C27H22N6O2. The van der Waals surface area contributed by atoms with Gasteiger partial charge in [0.25, 0.3) is 5.91 Å². The van der Waals surface area contributed by atoms with Gasteiger partial charge in [-0.05, 0) is 55.5 Å². The maximum Gasteiger partial charge on any atom is 0.259 e. The molecule has 35 heavy (non-hydrogen) atoms. The first-order chi connectivity index (χ1) is 17.2. The number of nitrogens with zero attached hydrogens (tertiary/aromatic N) is 4. The lowest BCUT2D eigenvalue weighted by molar-refractivity contribution is 0.102. The summed E-state index contributed by atoms with van der Waals surface area (Å²) < 4.78 is 7.79. The Hall–Kier alpha value is -4.98. The third kappa shape index (κ3) is 5.17. The van der Waals surface area contributed by atoms with E-state index in [0.717, 1.165) is 17.3 Å². The standard InChI is InChI=1S/C27H22N6O2/c1-19-28-15-16-33(19)26-17-25(29-18-30-26)31-20-11-13-21(14-12-20)32-27(34)23-9-5-6-10-24(23)35-22-7-3-2-4-8-22/h2-18H,1H3,(H,32,34)(H,29,30,31). The van der Waals surface area contributed by atoms with Crippen LogP contribution in [0.3, 0.4) is 0 Å². The van der Waals surface area contributed by atoms with E-state index in [-0.39, 0.29) is 5.91 Å². The van der Waals surface area contributed by atoms with E-state index in [1.54, 1.807) is 24.4 Å². The van der Waals surface area contributed by atoms with E-state index in [0.29, 0.717) is 28.6 Å². The van der Waals surface area contributed by atoms with Gasteiger partial charge in [-0.1, -0.05) is 30.3 Å². The summed E-state index contributed by atoms with van der Waals surface area (Å²) in [6.07, 6.45) is 5.08. The highest BCUT2D eigenvalue weighted by atomic mass is 16.5. The van der Waals surface area contributed by atoms with Crippen molar-refractivity contribution in [2.75, 3.05) is 10.6 Å². The fourth-order valence-corrected chi connectivity index (χ4v) is 3.51. The SMILES string of the molecule is Cc1nccn1-c1cc(Nc2ccc(NC(=O)c3ccccc3Oc3ccccc3)cc2)ncn1. The van der Waals surface area contributed by atoms with Gasteiger partial charge in [-0.15, -0.1) is 0 Å². The molecule has 0 unspecified atom stereocenters. The van der Waals surface area contributed by atoms with E-state index >= 15 is 0 Å². The fourth-order valence-electron chi connectivity index (χ4n) is 3.51. The number of hydrogen-bond acceptors (Lipinski definition) is 6. The molecule has 0 saturated heterocycles. The van der Waals surface area contributed by atoms with Gasteiger partial charge in [0.05, 0.1) is 5.56 Å². The summed E-state index contributed by atoms with van der Waals surface area (Å²) in [5, 5.41) is 6.18. The maximum atomic E-state index is 12.9. The molecule has 0 aliphatic heterocycles. The Kier molecular flexibility index (Phi) is 6.17. The van der Waals surface area contributed by atoms with Crippen molar-refractivity contribution in [3.63, 3.8) is 0 Å². The predicted molar refractivity (Wildman–Crippen MR) is 135 cm³/mol.